The number of hydrogen-bond donors (Lipinski definition) is 2. The Kier molecular flexibility index (Phi) is 7.05. The first kappa shape index (κ1) is 21.5. The number of nitrogens with zero attached hydrogens (tertiary/aromatic N) is 1. The van der Waals surface area contributed by atoms with Gasteiger partial charge in [-0.1, -0.05) is 23.7 Å². The number of hydrogen-bond acceptors (Lipinski definition) is 5. The molecule has 0 fully saturated rings. The van der Waals surface area contributed by atoms with Crippen molar-refractivity contribution in [1.29, 1.82) is 0 Å². The molecule has 0 aromatic heterocycles. The standard InChI is InChI=1S/C21H24ClN3O3S/c1-25(2)17(13-4-7-15(28-3)8-5-13)12-23-20(26)11-19-21(27)24-16-10-14(22)6-9-18(16)29-19/h4-10,17,19H,11-12H2,1-3H3,(H,23,26)(H,24,27)/t17-,19+/m1/s1. The van der Waals surface area contributed by atoms with Crippen molar-refractivity contribution < 1.29 is 14.3 Å². The van der Waals surface area contributed by atoms with Crippen LogP contribution in [0.1, 0.15) is 18.0 Å². The molecule has 2 aromatic rings. The molecule has 1 heterocycles. The molecule has 1 aliphatic rings. The predicted octanol–water partition coefficient (Wildman–Crippen LogP) is 3.57. The van der Waals surface area contributed by atoms with E-state index in [1.54, 1.807) is 19.2 Å². The summed E-state index contributed by atoms with van der Waals surface area (Å²) in [6, 6.07) is 13.1. The molecule has 29 heavy (non-hydrogen) atoms. The number of rotatable bonds is 7. The highest BCUT2D eigenvalue weighted by Crippen LogP contribution is 2.38. The number of amides is 2. The molecule has 8 heteroatoms. The molecule has 2 N–H and O–H groups in total. The summed E-state index contributed by atoms with van der Waals surface area (Å²) in [6.07, 6.45) is 0.112. The van der Waals surface area contributed by atoms with E-state index < -0.39 is 5.25 Å². The van der Waals surface area contributed by atoms with Crippen molar-refractivity contribution in [1.82, 2.24) is 10.2 Å². The number of methoxy groups -OCH3 is 1. The topological polar surface area (TPSA) is 70.7 Å². The highest BCUT2D eigenvalue weighted by atomic mass is 35.5. The number of carbonyl (C=O) groups is 2. The van der Waals surface area contributed by atoms with Gasteiger partial charge in [-0.2, -0.15) is 0 Å². The molecule has 0 saturated heterocycles. The summed E-state index contributed by atoms with van der Waals surface area (Å²) in [6.45, 7) is 0.448. The molecule has 0 radical (unpaired) electrons. The van der Waals surface area contributed by atoms with Crippen molar-refractivity contribution in [3.63, 3.8) is 0 Å². The quantitative estimate of drug-likeness (QED) is 0.698. The number of benzene rings is 2. The lowest BCUT2D eigenvalue weighted by molar-refractivity contribution is -0.124. The molecule has 0 saturated carbocycles. The van der Waals surface area contributed by atoms with E-state index in [4.69, 9.17) is 16.3 Å². The molecule has 1 aliphatic heterocycles. The van der Waals surface area contributed by atoms with E-state index in [1.807, 2.05) is 49.3 Å². The van der Waals surface area contributed by atoms with Crippen LogP contribution in [-0.2, 0) is 9.59 Å². The van der Waals surface area contributed by atoms with Gasteiger partial charge in [-0.05, 0) is 50.0 Å². The third kappa shape index (κ3) is 5.44. The van der Waals surface area contributed by atoms with E-state index in [1.165, 1.54) is 11.8 Å². The van der Waals surface area contributed by atoms with Gasteiger partial charge in [0.2, 0.25) is 11.8 Å². The Bertz CT molecular complexity index is 889. The molecule has 6 nitrogen and oxygen atoms in total. The van der Waals surface area contributed by atoms with E-state index in [9.17, 15) is 9.59 Å². The summed E-state index contributed by atoms with van der Waals surface area (Å²) in [5.41, 5.74) is 1.77. The Hall–Kier alpha value is -2.22. The van der Waals surface area contributed by atoms with Crippen molar-refractivity contribution >= 4 is 40.9 Å². The maximum Gasteiger partial charge on any atom is 0.238 e. The largest absolute Gasteiger partial charge is 0.497 e. The van der Waals surface area contributed by atoms with Gasteiger partial charge in [-0.15, -0.1) is 11.8 Å². The molecular formula is C21H24ClN3O3S. The van der Waals surface area contributed by atoms with Crippen molar-refractivity contribution in [3.8, 4) is 5.75 Å². The lowest BCUT2D eigenvalue weighted by atomic mass is 10.1. The van der Waals surface area contributed by atoms with Gasteiger partial charge in [-0.3, -0.25) is 9.59 Å². The van der Waals surface area contributed by atoms with Crippen molar-refractivity contribution in [2.45, 2.75) is 22.6 Å². The Labute approximate surface area is 179 Å². The first-order valence-corrected chi connectivity index (χ1v) is 10.5. The number of fused-ring (bicyclic) bond motifs is 1. The van der Waals surface area contributed by atoms with Crippen LogP contribution in [0.15, 0.2) is 47.4 Å². The summed E-state index contributed by atoms with van der Waals surface area (Å²) in [5, 5.41) is 5.89. The number of nitrogens with one attached hydrogen (secondary N) is 2. The third-order valence-electron chi connectivity index (χ3n) is 4.75. The maximum absolute atomic E-state index is 12.5. The Balaban J connectivity index is 1.59. The van der Waals surface area contributed by atoms with Crippen LogP contribution < -0.4 is 15.4 Å². The molecule has 0 aliphatic carbocycles. The minimum atomic E-state index is -0.470. The van der Waals surface area contributed by atoms with Gasteiger partial charge < -0.3 is 20.3 Å². The van der Waals surface area contributed by atoms with Gasteiger partial charge >= 0.3 is 0 Å². The lowest BCUT2D eigenvalue weighted by Crippen LogP contribution is -2.38. The minimum Gasteiger partial charge on any atom is -0.497 e. The third-order valence-corrected chi connectivity index (χ3v) is 6.26. The second-order valence-electron chi connectivity index (χ2n) is 7.00. The molecule has 2 atom stereocenters. The van der Waals surface area contributed by atoms with Gasteiger partial charge in [0.1, 0.15) is 5.75 Å². The summed E-state index contributed by atoms with van der Waals surface area (Å²) in [4.78, 5) is 27.8. The zero-order valence-electron chi connectivity index (χ0n) is 16.6. The van der Waals surface area contributed by atoms with E-state index in [0.717, 1.165) is 16.2 Å². The molecule has 2 amide bonds. The maximum atomic E-state index is 12.5. The lowest BCUT2D eigenvalue weighted by Gasteiger charge is -2.26. The first-order chi connectivity index (χ1) is 13.9. The summed E-state index contributed by atoms with van der Waals surface area (Å²) >= 11 is 7.36. The smallest absolute Gasteiger partial charge is 0.238 e. The van der Waals surface area contributed by atoms with Crippen LogP contribution in [0, 0.1) is 0 Å². The second kappa shape index (κ2) is 9.52. The molecule has 2 aromatic carbocycles. The number of thioether (sulfide) groups is 1. The highest BCUT2D eigenvalue weighted by molar-refractivity contribution is 8.01. The molecule has 154 valence electrons. The van der Waals surface area contributed by atoms with E-state index in [-0.39, 0.29) is 24.3 Å². The van der Waals surface area contributed by atoms with E-state index >= 15 is 0 Å². The molecule has 0 spiro atoms. The number of likely N-dealkylation sites (N-methyl/N-ethyl adjacent to an activating group) is 1. The summed E-state index contributed by atoms with van der Waals surface area (Å²) < 4.78 is 5.20. The van der Waals surface area contributed by atoms with Crippen molar-refractivity contribution in [2.75, 3.05) is 33.1 Å². The van der Waals surface area contributed by atoms with Crippen LogP contribution in [0.2, 0.25) is 5.02 Å². The fraction of sp³-hybridized carbons (Fsp3) is 0.333. The number of ether oxygens (including phenoxy) is 1. The first-order valence-electron chi connectivity index (χ1n) is 9.21. The van der Waals surface area contributed by atoms with Gasteiger partial charge in [0.15, 0.2) is 0 Å². The second-order valence-corrected chi connectivity index (χ2v) is 8.68. The fourth-order valence-corrected chi connectivity index (χ4v) is 4.40. The Morgan fingerprint density at radius 1 is 1.28 bits per heavy atom. The predicted molar refractivity (Wildman–Crippen MR) is 117 cm³/mol. The van der Waals surface area contributed by atoms with Gasteiger partial charge in [0.05, 0.1) is 24.1 Å². The van der Waals surface area contributed by atoms with Crippen LogP contribution in [0.4, 0.5) is 5.69 Å². The van der Waals surface area contributed by atoms with Crippen LogP contribution in [-0.4, -0.2) is 49.7 Å². The number of anilines is 1. The number of carbonyl (C=O) groups excluding carboxylic acids is 2. The summed E-state index contributed by atoms with van der Waals surface area (Å²) in [5.74, 6) is 0.451. The van der Waals surface area contributed by atoms with Crippen LogP contribution in [0.3, 0.4) is 0 Å². The normalized spacial score (nSPS) is 16.7. The highest BCUT2D eigenvalue weighted by Gasteiger charge is 2.29. The Morgan fingerprint density at radius 2 is 2.00 bits per heavy atom. The summed E-state index contributed by atoms with van der Waals surface area (Å²) in [7, 11) is 5.56. The monoisotopic (exact) mass is 433 g/mol. The fourth-order valence-electron chi connectivity index (χ4n) is 3.13. The molecule has 0 bridgehead atoms. The molecule has 3 rings (SSSR count). The number of halogens is 1. The van der Waals surface area contributed by atoms with E-state index in [0.29, 0.717) is 17.3 Å². The van der Waals surface area contributed by atoms with E-state index in [2.05, 4.69) is 10.6 Å². The van der Waals surface area contributed by atoms with Crippen LogP contribution >= 0.6 is 23.4 Å². The van der Waals surface area contributed by atoms with Crippen molar-refractivity contribution in [2.24, 2.45) is 0 Å². The van der Waals surface area contributed by atoms with Gasteiger partial charge in [0, 0.05) is 22.9 Å². The van der Waals surface area contributed by atoms with Crippen molar-refractivity contribution in [3.05, 3.63) is 53.1 Å². The SMILES string of the molecule is COc1ccc([C@@H](CNC(=O)C[C@@H]2Sc3ccc(Cl)cc3NC2=O)N(C)C)cc1. The van der Waals surface area contributed by atoms with Gasteiger partial charge in [0.25, 0.3) is 0 Å². The molecular weight excluding hydrogens is 410 g/mol. The zero-order chi connectivity index (χ0) is 21.0. The zero-order valence-corrected chi connectivity index (χ0v) is 18.1. The van der Waals surface area contributed by atoms with Crippen LogP contribution in [0.25, 0.3) is 0 Å². The Morgan fingerprint density at radius 3 is 2.66 bits per heavy atom. The van der Waals surface area contributed by atoms with Crippen LogP contribution in [0.5, 0.6) is 5.75 Å². The molecule has 0 unspecified atom stereocenters. The average molecular weight is 434 g/mol. The van der Waals surface area contributed by atoms with Gasteiger partial charge in [-0.25, -0.2) is 0 Å². The minimum absolute atomic E-state index is 0.0144. The average Bonchev–Trinajstić information content (AvgIpc) is 2.69.